The zero-order chi connectivity index (χ0) is 20.8. The molecule has 0 fully saturated rings. The van der Waals surface area contributed by atoms with E-state index in [-0.39, 0.29) is 11.6 Å². The predicted octanol–water partition coefficient (Wildman–Crippen LogP) is 5.11. The van der Waals surface area contributed by atoms with Gasteiger partial charge < -0.3 is 9.30 Å². The molecule has 152 valence electrons. The molecule has 0 N–H and O–H groups in total. The molecular formula is C22H24FN3O2S. The average molecular weight is 414 g/mol. The standard InChI is InChI=1S/C22H24FN3O2S/c1-15(2)14-26-21(18-9-4-6-10-19(18)23)24-25-22(26)29-13-12-28-20-11-7-5-8-17(20)16(3)27/h4-11,15H,12-14H2,1-3H3. The van der Waals surface area contributed by atoms with Crippen LogP contribution in [0.4, 0.5) is 4.39 Å². The Morgan fingerprint density at radius 2 is 1.86 bits per heavy atom. The highest BCUT2D eigenvalue weighted by Gasteiger charge is 2.18. The van der Waals surface area contributed by atoms with E-state index in [4.69, 9.17) is 4.74 Å². The van der Waals surface area contributed by atoms with E-state index in [1.165, 1.54) is 24.8 Å². The van der Waals surface area contributed by atoms with Gasteiger partial charge in [0.15, 0.2) is 16.8 Å². The highest BCUT2D eigenvalue weighted by atomic mass is 32.2. The van der Waals surface area contributed by atoms with Crippen molar-refractivity contribution in [1.82, 2.24) is 14.8 Å². The van der Waals surface area contributed by atoms with Crippen LogP contribution < -0.4 is 4.74 Å². The second-order valence-corrected chi connectivity index (χ2v) is 8.10. The van der Waals surface area contributed by atoms with Crippen molar-refractivity contribution in [3.05, 3.63) is 59.9 Å². The summed E-state index contributed by atoms with van der Waals surface area (Å²) in [6.45, 7) is 6.82. The van der Waals surface area contributed by atoms with Crippen LogP contribution in [0.1, 0.15) is 31.1 Å². The number of ketones is 1. The number of carbonyl (C=O) groups is 1. The largest absolute Gasteiger partial charge is 0.492 e. The Labute approximate surface area is 174 Å². The topological polar surface area (TPSA) is 57.0 Å². The highest BCUT2D eigenvalue weighted by Crippen LogP contribution is 2.27. The summed E-state index contributed by atoms with van der Waals surface area (Å²) in [6, 6.07) is 13.8. The molecule has 0 spiro atoms. The van der Waals surface area contributed by atoms with E-state index in [2.05, 4.69) is 24.0 Å². The molecular weight excluding hydrogens is 389 g/mol. The van der Waals surface area contributed by atoms with Crippen LogP contribution in [-0.4, -0.2) is 32.9 Å². The van der Waals surface area contributed by atoms with Gasteiger partial charge in [-0.25, -0.2) is 4.39 Å². The molecule has 3 aromatic rings. The van der Waals surface area contributed by atoms with Gasteiger partial charge in [-0.15, -0.1) is 10.2 Å². The van der Waals surface area contributed by atoms with Crippen LogP contribution in [0.15, 0.2) is 53.7 Å². The van der Waals surface area contributed by atoms with Crippen molar-refractivity contribution in [3.8, 4) is 17.1 Å². The van der Waals surface area contributed by atoms with Crippen LogP contribution in [0, 0.1) is 11.7 Å². The maximum Gasteiger partial charge on any atom is 0.191 e. The molecule has 0 amide bonds. The van der Waals surface area contributed by atoms with Crippen LogP contribution in [-0.2, 0) is 6.54 Å². The number of benzene rings is 2. The van der Waals surface area contributed by atoms with Crippen LogP contribution in [0.5, 0.6) is 5.75 Å². The van der Waals surface area contributed by atoms with Gasteiger partial charge in [0.25, 0.3) is 0 Å². The van der Waals surface area contributed by atoms with Crippen LogP contribution >= 0.6 is 11.8 Å². The Hall–Kier alpha value is -2.67. The van der Waals surface area contributed by atoms with E-state index < -0.39 is 0 Å². The van der Waals surface area contributed by atoms with Gasteiger partial charge >= 0.3 is 0 Å². The minimum atomic E-state index is -0.314. The van der Waals surface area contributed by atoms with Gasteiger partial charge in [0, 0.05) is 12.3 Å². The fraction of sp³-hybridized carbons (Fsp3) is 0.318. The predicted molar refractivity (Wildman–Crippen MR) is 113 cm³/mol. The molecule has 0 saturated heterocycles. The number of ether oxygens (including phenoxy) is 1. The van der Waals surface area contributed by atoms with Gasteiger partial charge in [0.05, 0.1) is 17.7 Å². The monoisotopic (exact) mass is 413 g/mol. The summed E-state index contributed by atoms with van der Waals surface area (Å²) in [5.74, 6) is 1.75. The third-order valence-corrected chi connectivity index (χ3v) is 5.15. The summed E-state index contributed by atoms with van der Waals surface area (Å²) >= 11 is 1.50. The lowest BCUT2D eigenvalue weighted by atomic mass is 10.1. The maximum absolute atomic E-state index is 14.3. The first-order chi connectivity index (χ1) is 14.0. The first-order valence-corrected chi connectivity index (χ1v) is 10.5. The first-order valence-electron chi connectivity index (χ1n) is 9.51. The summed E-state index contributed by atoms with van der Waals surface area (Å²) in [4.78, 5) is 11.7. The lowest BCUT2D eigenvalue weighted by Crippen LogP contribution is -2.09. The van der Waals surface area contributed by atoms with Gasteiger partial charge in [-0.2, -0.15) is 0 Å². The number of carbonyl (C=O) groups excluding carboxylic acids is 1. The van der Waals surface area contributed by atoms with E-state index in [1.807, 2.05) is 16.7 Å². The summed E-state index contributed by atoms with van der Waals surface area (Å²) in [5.41, 5.74) is 1.02. The molecule has 2 aromatic carbocycles. The van der Waals surface area contributed by atoms with Crippen molar-refractivity contribution >= 4 is 17.5 Å². The van der Waals surface area contributed by atoms with Crippen LogP contribution in [0.25, 0.3) is 11.4 Å². The second-order valence-electron chi connectivity index (χ2n) is 7.04. The van der Waals surface area contributed by atoms with Crippen LogP contribution in [0.3, 0.4) is 0 Å². The lowest BCUT2D eigenvalue weighted by Gasteiger charge is -2.13. The molecule has 0 aliphatic carbocycles. The Morgan fingerprint density at radius 3 is 2.59 bits per heavy atom. The Morgan fingerprint density at radius 1 is 1.14 bits per heavy atom. The van der Waals surface area contributed by atoms with Gasteiger partial charge in [-0.1, -0.05) is 49.9 Å². The number of nitrogens with zero attached hydrogens (tertiary/aromatic N) is 3. The smallest absolute Gasteiger partial charge is 0.191 e. The van der Waals surface area contributed by atoms with Crippen molar-refractivity contribution in [3.63, 3.8) is 0 Å². The quantitative estimate of drug-likeness (QED) is 0.277. The summed E-state index contributed by atoms with van der Waals surface area (Å²) in [5, 5.41) is 9.24. The zero-order valence-electron chi connectivity index (χ0n) is 16.8. The Kier molecular flexibility index (Phi) is 7.04. The molecule has 7 heteroatoms. The molecule has 29 heavy (non-hydrogen) atoms. The molecule has 3 rings (SSSR count). The van der Waals surface area contributed by atoms with Crippen molar-refractivity contribution < 1.29 is 13.9 Å². The van der Waals surface area contributed by atoms with Gasteiger partial charge in [-0.05, 0) is 37.1 Å². The number of hydrogen-bond donors (Lipinski definition) is 0. The fourth-order valence-electron chi connectivity index (χ4n) is 2.93. The molecule has 0 atom stereocenters. The SMILES string of the molecule is CC(=O)c1ccccc1OCCSc1nnc(-c2ccccc2F)n1CC(C)C. The fourth-order valence-corrected chi connectivity index (χ4v) is 3.70. The minimum absolute atomic E-state index is 0.0283. The van der Waals surface area contributed by atoms with E-state index in [0.29, 0.717) is 47.5 Å². The summed E-state index contributed by atoms with van der Waals surface area (Å²) in [6.07, 6.45) is 0. The highest BCUT2D eigenvalue weighted by molar-refractivity contribution is 7.99. The molecule has 0 saturated carbocycles. The van der Waals surface area contributed by atoms with Gasteiger partial charge in [-0.3, -0.25) is 4.79 Å². The molecule has 0 radical (unpaired) electrons. The molecule has 1 aromatic heterocycles. The van der Waals surface area contributed by atoms with Crippen molar-refractivity contribution in [1.29, 1.82) is 0 Å². The number of aromatic nitrogens is 3. The number of para-hydroxylation sites is 1. The summed E-state index contributed by atoms with van der Waals surface area (Å²) < 4.78 is 22.0. The van der Waals surface area contributed by atoms with Crippen molar-refractivity contribution in [2.45, 2.75) is 32.5 Å². The summed E-state index contributed by atoms with van der Waals surface area (Å²) in [7, 11) is 0. The number of hydrogen-bond acceptors (Lipinski definition) is 5. The van der Waals surface area contributed by atoms with E-state index >= 15 is 0 Å². The third-order valence-electron chi connectivity index (χ3n) is 4.22. The molecule has 0 aliphatic heterocycles. The maximum atomic E-state index is 14.3. The zero-order valence-corrected chi connectivity index (χ0v) is 17.6. The second kappa shape index (κ2) is 9.69. The Bertz CT molecular complexity index is 988. The molecule has 0 unspecified atom stereocenters. The van der Waals surface area contributed by atoms with Crippen LogP contribution in [0.2, 0.25) is 0 Å². The average Bonchev–Trinajstić information content (AvgIpc) is 3.07. The number of Topliss-reactive ketones (excluding diaryl/α,β-unsaturated/α-hetero) is 1. The molecule has 0 bridgehead atoms. The van der Waals surface area contributed by atoms with Crippen molar-refractivity contribution in [2.75, 3.05) is 12.4 Å². The minimum Gasteiger partial charge on any atom is -0.492 e. The number of rotatable bonds is 9. The molecule has 0 aliphatic rings. The van der Waals surface area contributed by atoms with E-state index in [1.54, 1.807) is 30.3 Å². The Balaban J connectivity index is 1.71. The van der Waals surface area contributed by atoms with E-state index in [0.717, 1.165) is 5.16 Å². The van der Waals surface area contributed by atoms with E-state index in [9.17, 15) is 9.18 Å². The van der Waals surface area contributed by atoms with Gasteiger partial charge in [0.2, 0.25) is 0 Å². The number of thioether (sulfide) groups is 1. The third kappa shape index (κ3) is 5.23. The first kappa shape index (κ1) is 21.0. The molecule has 5 nitrogen and oxygen atoms in total. The van der Waals surface area contributed by atoms with Gasteiger partial charge in [0.1, 0.15) is 11.6 Å². The lowest BCUT2D eigenvalue weighted by molar-refractivity contribution is 0.101. The molecule has 1 heterocycles. The normalized spacial score (nSPS) is 11.1. The van der Waals surface area contributed by atoms with Crippen molar-refractivity contribution in [2.24, 2.45) is 5.92 Å². The number of halogens is 1.